The number of amides is 2. The van der Waals surface area contributed by atoms with Crippen molar-refractivity contribution in [2.45, 2.75) is 32.7 Å². The first-order chi connectivity index (χ1) is 12.6. The number of carbonyl (C=O) groups excluding carboxylic acids is 2. The molecule has 136 valence electrons. The molecular formula is C22H26N2O2. The van der Waals surface area contributed by atoms with E-state index in [0.717, 1.165) is 24.0 Å². The van der Waals surface area contributed by atoms with E-state index >= 15 is 0 Å². The van der Waals surface area contributed by atoms with Crippen molar-refractivity contribution in [2.75, 3.05) is 13.1 Å². The molecule has 3 rings (SSSR count). The molecule has 0 spiro atoms. The smallest absolute Gasteiger partial charge is 0.226 e. The molecule has 2 aromatic carbocycles. The van der Waals surface area contributed by atoms with Gasteiger partial charge in [0.1, 0.15) is 0 Å². The van der Waals surface area contributed by atoms with Gasteiger partial charge in [0.2, 0.25) is 11.8 Å². The van der Waals surface area contributed by atoms with Crippen molar-refractivity contribution < 1.29 is 9.59 Å². The molecule has 0 saturated carbocycles. The van der Waals surface area contributed by atoms with E-state index in [1.807, 2.05) is 60.4 Å². The molecule has 0 aromatic heterocycles. The van der Waals surface area contributed by atoms with Crippen LogP contribution in [0.25, 0.3) is 0 Å². The van der Waals surface area contributed by atoms with Crippen LogP contribution >= 0.6 is 0 Å². The maximum Gasteiger partial charge on any atom is 0.226 e. The van der Waals surface area contributed by atoms with Gasteiger partial charge in [-0.15, -0.1) is 0 Å². The van der Waals surface area contributed by atoms with Gasteiger partial charge in [-0.25, -0.2) is 0 Å². The summed E-state index contributed by atoms with van der Waals surface area (Å²) in [4.78, 5) is 26.7. The minimum atomic E-state index is 0.000541. The summed E-state index contributed by atoms with van der Waals surface area (Å²) in [5.41, 5.74) is 3.35. The third-order valence-corrected chi connectivity index (χ3v) is 4.97. The summed E-state index contributed by atoms with van der Waals surface area (Å²) in [7, 11) is 0. The van der Waals surface area contributed by atoms with Crippen LogP contribution in [0.15, 0.2) is 54.6 Å². The monoisotopic (exact) mass is 350 g/mol. The van der Waals surface area contributed by atoms with Crippen molar-refractivity contribution in [2.24, 2.45) is 5.92 Å². The molecular weight excluding hydrogens is 324 g/mol. The number of piperidine rings is 1. The van der Waals surface area contributed by atoms with Crippen molar-refractivity contribution in [3.05, 3.63) is 71.3 Å². The van der Waals surface area contributed by atoms with E-state index in [4.69, 9.17) is 0 Å². The SMILES string of the molecule is Cc1cccc(CNC(=O)C2CCN(C(=O)Cc3ccccc3)CC2)c1. The van der Waals surface area contributed by atoms with E-state index in [0.29, 0.717) is 26.1 Å². The Bertz CT molecular complexity index is 750. The number of hydrogen-bond acceptors (Lipinski definition) is 2. The lowest BCUT2D eigenvalue weighted by atomic mass is 9.95. The van der Waals surface area contributed by atoms with Crippen molar-refractivity contribution in [3.8, 4) is 0 Å². The molecule has 1 aliphatic heterocycles. The first-order valence-corrected chi connectivity index (χ1v) is 9.27. The van der Waals surface area contributed by atoms with Gasteiger partial charge in [-0.05, 0) is 30.9 Å². The maximum absolute atomic E-state index is 12.4. The molecule has 1 saturated heterocycles. The molecule has 2 aromatic rings. The normalized spacial score (nSPS) is 14.9. The van der Waals surface area contributed by atoms with Gasteiger partial charge >= 0.3 is 0 Å². The number of hydrogen-bond donors (Lipinski definition) is 1. The van der Waals surface area contributed by atoms with Gasteiger partial charge in [-0.1, -0.05) is 60.2 Å². The van der Waals surface area contributed by atoms with E-state index in [9.17, 15) is 9.59 Å². The van der Waals surface area contributed by atoms with Gasteiger partial charge in [0.05, 0.1) is 6.42 Å². The second-order valence-corrected chi connectivity index (χ2v) is 7.02. The number of aryl methyl sites for hydroxylation is 1. The molecule has 0 aliphatic carbocycles. The highest BCUT2D eigenvalue weighted by Gasteiger charge is 2.27. The number of rotatable bonds is 5. The molecule has 1 N–H and O–H groups in total. The molecule has 0 bridgehead atoms. The standard InChI is InChI=1S/C22H26N2O2/c1-17-6-5-9-19(14-17)16-23-22(26)20-10-12-24(13-11-20)21(25)15-18-7-3-2-4-8-18/h2-9,14,20H,10-13,15-16H2,1H3,(H,23,26). The van der Waals surface area contributed by atoms with Crippen molar-refractivity contribution in [1.29, 1.82) is 0 Å². The first-order valence-electron chi connectivity index (χ1n) is 9.27. The number of benzene rings is 2. The third-order valence-electron chi connectivity index (χ3n) is 4.97. The Kier molecular flexibility index (Phi) is 6.05. The fraction of sp³-hybridized carbons (Fsp3) is 0.364. The molecule has 1 aliphatic rings. The summed E-state index contributed by atoms with van der Waals surface area (Å²) in [5.74, 6) is 0.247. The summed E-state index contributed by atoms with van der Waals surface area (Å²) in [5, 5.41) is 3.04. The van der Waals surface area contributed by atoms with Crippen molar-refractivity contribution in [3.63, 3.8) is 0 Å². The summed E-state index contributed by atoms with van der Waals surface area (Å²) >= 11 is 0. The lowest BCUT2D eigenvalue weighted by Crippen LogP contribution is -2.43. The fourth-order valence-electron chi connectivity index (χ4n) is 3.43. The van der Waals surface area contributed by atoms with E-state index in [-0.39, 0.29) is 17.7 Å². The summed E-state index contributed by atoms with van der Waals surface area (Å²) < 4.78 is 0. The van der Waals surface area contributed by atoms with Crippen molar-refractivity contribution >= 4 is 11.8 Å². The largest absolute Gasteiger partial charge is 0.352 e. The van der Waals surface area contributed by atoms with Gasteiger partial charge in [-0.2, -0.15) is 0 Å². The topological polar surface area (TPSA) is 49.4 Å². The molecule has 1 heterocycles. The average molecular weight is 350 g/mol. The molecule has 0 radical (unpaired) electrons. The summed E-state index contributed by atoms with van der Waals surface area (Å²) in [6.45, 7) is 3.93. The van der Waals surface area contributed by atoms with E-state index in [1.54, 1.807) is 0 Å². The van der Waals surface area contributed by atoms with Crippen LogP contribution in [0.2, 0.25) is 0 Å². The quantitative estimate of drug-likeness (QED) is 0.901. The Balaban J connectivity index is 1.44. The molecule has 0 atom stereocenters. The lowest BCUT2D eigenvalue weighted by molar-refractivity contribution is -0.135. The van der Waals surface area contributed by atoms with Crippen LogP contribution in [0, 0.1) is 12.8 Å². The Morgan fingerprint density at radius 1 is 1.00 bits per heavy atom. The zero-order valence-corrected chi connectivity index (χ0v) is 15.3. The molecule has 4 heteroatoms. The van der Waals surface area contributed by atoms with E-state index < -0.39 is 0 Å². The van der Waals surface area contributed by atoms with Crippen LogP contribution in [0.1, 0.15) is 29.5 Å². The molecule has 1 fully saturated rings. The van der Waals surface area contributed by atoms with Crippen LogP contribution in [0.4, 0.5) is 0 Å². The van der Waals surface area contributed by atoms with Gasteiger partial charge in [-0.3, -0.25) is 9.59 Å². The second-order valence-electron chi connectivity index (χ2n) is 7.02. The van der Waals surface area contributed by atoms with E-state index in [1.165, 1.54) is 5.56 Å². The maximum atomic E-state index is 12.4. The number of nitrogens with one attached hydrogen (secondary N) is 1. The zero-order chi connectivity index (χ0) is 18.4. The van der Waals surface area contributed by atoms with Gasteiger partial charge in [0.15, 0.2) is 0 Å². The highest BCUT2D eigenvalue weighted by Crippen LogP contribution is 2.18. The van der Waals surface area contributed by atoms with Crippen LogP contribution in [-0.2, 0) is 22.6 Å². The minimum absolute atomic E-state index is 0.000541. The summed E-state index contributed by atoms with van der Waals surface area (Å²) in [6, 6.07) is 18.0. The Morgan fingerprint density at radius 3 is 2.38 bits per heavy atom. The molecule has 26 heavy (non-hydrogen) atoms. The van der Waals surface area contributed by atoms with Crippen LogP contribution < -0.4 is 5.32 Å². The number of carbonyl (C=O) groups is 2. The van der Waals surface area contributed by atoms with Gasteiger partial charge in [0, 0.05) is 25.6 Å². The van der Waals surface area contributed by atoms with Crippen LogP contribution in [0.3, 0.4) is 0 Å². The fourth-order valence-corrected chi connectivity index (χ4v) is 3.43. The summed E-state index contributed by atoms with van der Waals surface area (Å²) in [6.07, 6.45) is 1.91. The number of nitrogens with zero attached hydrogens (tertiary/aromatic N) is 1. The van der Waals surface area contributed by atoms with Crippen LogP contribution in [-0.4, -0.2) is 29.8 Å². The first kappa shape index (κ1) is 18.2. The highest BCUT2D eigenvalue weighted by atomic mass is 16.2. The van der Waals surface area contributed by atoms with Crippen LogP contribution in [0.5, 0.6) is 0 Å². The number of likely N-dealkylation sites (tertiary alicyclic amines) is 1. The lowest BCUT2D eigenvalue weighted by Gasteiger charge is -2.31. The predicted molar refractivity (Wildman–Crippen MR) is 102 cm³/mol. The highest BCUT2D eigenvalue weighted by molar-refractivity contribution is 5.81. The van der Waals surface area contributed by atoms with Gasteiger partial charge in [0.25, 0.3) is 0 Å². The molecule has 2 amide bonds. The zero-order valence-electron chi connectivity index (χ0n) is 15.3. The molecule has 4 nitrogen and oxygen atoms in total. The Hall–Kier alpha value is -2.62. The third kappa shape index (κ3) is 4.94. The second kappa shape index (κ2) is 8.65. The van der Waals surface area contributed by atoms with Gasteiger partial charge < -0.3 is 10.2 Å². The predicted octanol–water partition coefficient (Wildman–Crippen LogP) is 3.09. The average Bonchev–Trinajstić information content (AvgIpc) is 2.67. The Labute approximate surface area is 155 Å². The van der Waals surface area contributed by atoms with Crippen molar-refractivity contribution in [1.82, 2.24) is 10.2 Å². The van der Waals surface area contributed by atoms with E-state index in [2.05, 4.69) is 11.4 Å². The minimum Gasteiger partial charge on any atom is -0.352 e. The molecule has 0 unspecified atom stereocenters. The Morgan fingerprint density at radius 2 is 1.69 bits per heavy atom.